The third kappa shape index (κ3) is 3.43. The number of aliphatic hydroxyl groups excluding tert-OH is 1. The van der Waals surface area contributed by atoms with Crippen LogP contribution >= 0.6 is 0 Å². The van der Waals surface area contributed by atoms with Crippen LogP contribution in [0.3, 0.4) is 0 Å². The average Bonchev–Trinajstić information content (AvgIpc) is 2.68. The van der Waals surface area contributed by atoms with Crippen molar-refractivity contribution in [1.82, 2.24) is 4.31 Å². The number of sulfonamides is 1. The fraction of sp³-hybridized carbons (Fsp3) is 0.316. The molecule has 0 bridgehead atoms. The number of benzene rings is 2. The van der Waals surface area contributed by atoms with E-state index < -0.39 is 16.1 Å². The number of piperidine rings is 1. The highest BCUT2D eigenvalue weighted by atomic mass is 32.2. The number of hydrogen-bond acceptors (Lipinski definition) is 5. The number of β-amino-alcohol motifs (C(OH)–C–C–N with tert-alkyl or cyclic N) is 1. The highest BCUT2D eigenvalue weighted by Crippen LogP contribution is 2.34. The summed E-state index contributed by atoms with van der Waals surface area (Å²) in [6.07, 6.45) is -0.244. The lowest BCUT2D eigenvalue weighted by molar-refractivity contribution is -0.118. The molecule has 8 heteroatoms. The van der Waals surface area contributed by atoms with Gasteiger partial charge in [0.05, 0.1) is 16.7 Å². The first-order valence-corrected chi connectivity index (χ1v) is 10.2. The van der Waals surface area contributed by atoms with E-state index >= 15 is 0 Å². The van der Waals surface area contributed by atoms with Gasteiger partial charge in [0, 0.05) is 19.0 Å². The fourth-order valence-corrected chi connectivity index (χ4v) is 5.08. The van der Waals surface area contributed by atoms with Crippen LogP contribution in [0.2, 0.25) is 0 Å². The molecule has 2 aliphatic rings. The van der Waals surface area contributed by atoms with E-state index in [2.05, 4.69) is 5.32 Å². The lowest BCUT2D eigenvalue weighted by Gasteiger charge is -2.35. The van der Waals surface area contributed by atoms with Crippen LogP contribution in [-0.4, -0.2) is 49.5 Å². The summed E-state index contributed by atoms with van der Waals surface area (Å²) >= 11 is 0. The van der Waals surface area contributed by atoms with Gasteiger partial charge in [0.25, 0.3) is 5.91 Å². The minimum absolute atomic E-state index is 0.0296. The summed E-state index contributed by atoms with van der Waals surface area (Å²) in [6.45, 7) is 0.263. The molecule has 7 nitrogen and oxygen atoms in total. The van der Waals surface area contributed by atoms with Gasteiger partial charge in [-0.2, -0.15) is 4.31 Å². The Bertz CT molecular complexity index is 961. The van der Waals surface area contributed by atoms with Gasteiger partial charge in [0.1, 0.15) is 5.75 Å². The zero-order valence-electron chi connectivity index (χ0n) is 14.5. The number of carbonyl (C=O) groups is 1. The lowest BCUT2D eigenvalue weighted by atomic mass is 9.88. The Balaban J connectivity index is 1.55. The van der Waals surface area contributed by atoms with Crippen LogP contribution in [0, 0.1) is 0 Å². The van der Waals surface area contributed by atoms with Crippen LogP contribution in [0.4, 0.5) is 5.69 Å². The molecule has 4 rings (SSSR count). The largest absolute Gasteiger partial charge is 0.482 e. The predicted molar refractivity (Wildman–Crippen MR) is 99.1 cm³/mol. The summed E-state index contributed by atoms with van der Waals surface area (Å²) < 4.78 is 32.6. The quantitative estimate of drug-likeness (QED) is 0.832. The minimum Gasteiger partial charge on any atom is -0.482 e. The summed E-state index contributed by atoms with van der Waals surface area (Å²) in [6, 6.07) is 14.0. The molecule has 1 fully saturated rings. The summed E-state index contributed by atoms with van der Waals surface area (Å²) in [5.74, 6) is 0.0291. The number of ether oxygens (including phenoxy) is 1. The summed E-state index contributed by atoms with van der Waals surface area (Å²) in [5, 5.41) is 13.2. The van der Waals surface area contributed by atoms with Gasteiger partial charge in [-0.05, 0) is 30.2 Å². The molecule has 0 aliphatic carbocycles. The minimum atomic E-state index is -3.79. The second kappa shape index (κ2) is 6.95. The molecule has 0 saturated carbocycles. The number of anilines is 1. The number of fused-ring (bicyclic) bond motifs is 1. The topological polar surface area (TPSA) is 95.9 Å². The molecule has 2 aromatic rings. The molecule has 27 heavy (non-hydrogen) atoms. The third-order valence-corrected chi connectivity index (χ3v) is 6.86. The van der Waals surface area contributed by atoms with Gasteiger partial charge < -0.3 is 15.2 Å². The fourth-order valence-electron chi connectivity index (χ4n) is 3.58. The zero-order chi connectivity index (χ0) is 19.0. The summed E-state index contributed by atoms with van der Waals surface area (Å²) in [5.41, 5.74) is 1.35. The van der Waals surface area contributed by atoms with Gasteiger partial charge in [0.15, 0.2) is 6.61 Å². The molecule has 2 aliphatic heterocycles. The lowest BCUT2D eigenvalue weighted by Crippen LogP contribution is -2.45. The van der Waals surface area contributed by atoms with Crippen LogP contribution in [0.5, 0.6) is 5.75 Å². The smallest absolute Gasteiger partial charge is 0.262 e. The van der Waals surface area contributed by atoms with Crippen LogP contribution in [0.15, 0.2) is 53.4 Å². The van der Waals surface area contributed by atoms with E-state index in [0.29, 0.717) is 24.4 Å². The molecule has 1 saturated heterocycles. The van der Waals surface area contributed by atoms with Crippen molar-refractivity contribution >= 4 is 21.6 Å². The Morgan fingerprint density at radius 2 is 1.93 bits per heavy atom. The Hall–Kier alpha value is -2.42. The van der Waals surface area contributed by atoms with Crippen molar-refractivity contribution in [2.75, 3.05) is 25.0 Å². The molecular weight excluding hydrogens is 368 g/mol. The van der Waals surface area contributed by atoms with Gasteiger partial charge >= 0.3 is 0 Å². The van der Waals surface area contributed by atoms with E-state index in [-0.39, 0.29) is 29.9 Å². The van der Waals surface area contributed by atoms with E-state index in [1.807, 2.05) is 30.3 Å². The summed E-state index contributed by atoms with van der Waals surface area (Å²) in [4.78, 5) is 11.5. The standard InChI is InChI=1S/C19H20N2O5S/c22-17-11-21(9-8-15(17)13-4-2-1-3-5-13)27(24,25)14-6-7-18-16(10-14)20-19(23)12-26-18/h1-7,10,15,17,22H,8-9,11-12H2,(H,20,23)/t15-,17+/m0/s1. The van der Waals surface area contributed by atoms with E-state index in [4.69, 9.17) is 4.74 Å². The second-order valence-electron chi connectivity index (χ2n) is 6.73. The molecule has 0 spiro atoms. The number of aliphatic hydroxyl groups is 1. The first-order valence-electron chi connectivity index (χ1n) is 8.75. The van der Waals surface area contributed by atoms with Gasteiger partial charge in [-0.3, -0.25) is 4.79 Å². The zero-order valence-corrected chi connectivity index (χ0v) is 15.4. The first-order chi connectivity index (χ1) is 12.9. The average molecular weight is 388 g/mol. The van der Waals surface area contributed by atoms with Crippen LogP contribution in [0.1, 0.15) is 17.9 Å². The van der Waals surface area contributed by atoms with Gasteiger partial charge in [-0.15, -0.1) is 0 Å². The molecule has 0 aromatic heterocycles. The third-order valence-electron chi connectivity index (χ3n) is 4.99. The molecule has 2 N–H and O–H groups in total. The maximum absolute atomic E-state index is 13.0. The van der Waals surface area contributed by atoms with Crippen molar-refractivity contribution in [3.05, 3.63) is 54.1 Å². The molecule has 142 valence electrons. The second-order valence-corrected chi connectivity index (χ2v) is 8.67. The van der Waals surface area contributed by atoms with E-state index in [1.54, 1.807) is 0 Å². The molecule has 2 heterocycles. The number of nitrogens with zero attached hydrogens (tertiary/aromatic N) is 1. The van der Waals surface area contributed by atoms with Gasteiger partial charge in [-0.25, -0.2) is 8.42 Å². The Morgan fingerprint density at radius 1 is 1.15 bits per heavy atom. The number of hydrogen-bond donors (Lipinski definition) is 2. The van der Waals surface area contributed by atoms with Crippen LogP contribution in [0.25, 0.3) is 0 Å². The van der Waals surface area contributed by atoms with Crippen molar-refractivity contribution in [2.45, 2.75) is 23.3 Å². The molecular formula is C19H20N2O5S. The number of nitrogens with one attached hydrogen (secondary N) is 1. The molecule has 1 amide bonds. The predicted octanol–water partition coefficient (Wildman–Crippen LogP) is 1.56. The SMILES string of the molecule is O=C1COc2ccc(S(=O)(=O)N3CC[C@@H](c4ccccc4)[C@H](O)C3)cc2N1. The normalized spacial score (nSPS) is 23.2. The number of rotatable bonds is 3. The van der Waals surface area contributed by atoms with Crippen molar-refractivity contribution < 1.29 is 23.1 Å². The Morgan fingerprint density at radius 3 is 2.67 bits per heavy atom. The Labute approximate surface area is 157 Å². The van der Waals surface area contributed by atoms with Crippen molar-refractivity contribution in [3.63, 3.8) is 0 Å². The monoisotopic (exact) mass is 388 g/mol. The number of carbonyl (C=O) groups excluding carboxylic acids is 1. The highest BCUT2D eigenvalue weighted by molar-refractivity contribution is 7.89. The van der Waals surface area contributed by atoms with E-state index in [0.717, 1.165) is 5.56 Å². The van der Waals surface area contributed by atoms with E-state index in [9.17, 15) is 18.3 Å². The molecule has 2 atom stereocenters. The summed E-state index contributed by atoms with van der Waals surface area (Å²) in [7, 11) is -3.79. The molecule has 2 aromatic carbocycles. The number of amides is 1. The maximum Gasteiger partial charge on any atom is 0.262 e. The molecule has 0 radical (unpaired) electrons. The van der Waals surface area contributed by atoms with Gasteiger partial charge in [-0.1, -0.05) is 30.3 Å². The Kier molecular flexibility index (Phi) is 4.63. The van der Waals surface area contributed by atoms with Crippen molar-refractivity contribution in [3.8, 4) is 5.75 Å². The molecule has 0 unspecified atom stereocenters. The van der Waals surface area contributed by atoms with Crippen LogP contribution < -0.4 is 10.1 Å². The van der Waals surface area contributed by atoms with E-state index in [1.165, 1.54) is 22.5 Å². The maximum atomic E-state index is 13.0. The van der Waals surface area contributed by atoms with Crippen molar-refractivity contribution in [1.29, 1.82) is 0 Å². The van der Waals surface area contributed by atoms with Crippen molar-refractivity contribution in [2.24, 2.45) is 0 Å². The first kappa shape index (κ1) is 18.0. The highest BCUT2D eigenvalue weighted by Gasteiger charge is 2.35. The van der Waals surface area contributed by atoms with Crippen LogP contribution in [-0.2, 0) is 14.8 Å². The van der Waals surface area contributed by atoms with Gasteiger partial charge in [0.2, 0.25) is 10.0 Å².